The van der Waals surface area contributed by atoms with Gasteiger partial charge in [0, 0.05) is 31.7 Å². The van der Waals surface area contributed by atoms with Gasteiger partial charge in [-0.05, 0) is 61.7 Å². The Morgan fingerprint density at radius 3 is 2.61 bits per heavy atom. The van der Waals surface area contributed by atoms with Gasteiger partial charge in [0.25, 0.3) is 0 Å². The summed E-state index contributed by atoms with van der Waals surface area (Å²) >= 11 is 0. The zero-order chi connectivity index (χ0) is 20.1. The van der Waals surface area contributed by atoms with Crippen molar-refractivity contribution in [3.63, 3.8) is 0 Å². The number of carbonyl (C=O) groups is 1. The van der Waals surface area contributed by atoms with E-state index in [1.807, 2.05) is 0 Å². The van der Waals surface area contributed by atoms with Crippen LogP contribution in [0.3, 0.4) is 0 Å². The highest BCUT2D eigenvalue weighted by molar-refractivity contribution is 7.41. The molecule has 1 fully saturated rings. The second-order valence-electron chi connectivity index (χ2n) is 7.16. The number of piperazine rings is 1. The van der Waals surface area contributed by atoms with Crippen LogP contribution in [0.2, 0.25) is 0 Å². The van der Waals surface area contributed by atoms with Gasteiger partial charge in [0.15, 0.2) is 5.52 Å². The highest BCUT2D eigenvalue weighted by Gasteiger charge is 2.17. The number of hydrogen-bond donors (Lipinski definition) is 2. The Kier molecular flexibility index (Phi) is 7.11. The van der Waals surface area contributed by atoms with Crippen LogP contribution in [0.5, 0.6) is 0 Å². The zero-order valence-electron chi connectivity index (χ0n) is 16.0. The van der Waals surface area contributed by atoms with Crippen LogP contribution in [0, 0.1) is 18.6 Å². The fourth-order valence-electron chi connectivity index (χ4n) is 3.54. The van der Waals surface area contributed by atoms with Crippen molar-refractivity contribution in [2.45, 2.75) is 19.8 Å². The fraction of sp³-hybridized carbons (Fsp3) is 0.381. The van der Waals surface area contributed by atoms with Crippen LogP contribution in [0.4, 0.5) is 20.2 Å². The van der Waals surface area contributed by atoms with Crippen molar-refractivity contribution in [1.29, 1.82) is 0 Å². The molecule has 0 aliphatic carbocycles. The molecule has 0 saturated carbocycles. The summed E-state index contributed by atoms with van der Waals surface area (Å²) < 4.78 is 28.5. The summed E-state index contributed by atoms with van der Waals surface area (Å²) in [6, 6.07) is 7.41. The maximum absolute atomic E-state index is 14.2. The largest absolute Gasteiger partial charge is 0.352 e. The number of aryl methyl sites for hydroxylation is 2. The topological polar surface area (TPSA) is 44.4 Å². The number of anilines is 2. The van der Waals surface area contributed by atoms with E-state index in [0.29, 0.717) is 23.2 Å². The summed E-state index contributed by atoms with van der Waals surface area (Å²) in [6.45, 7) is 6.65. The maximum Gasteiger partial charge on any atom is 0.180 e. The maximum atomic E-state index is 14.2. The normalized spacial score (nSPS) is 14.9. The molecule has 28 heavy (non-hydrogen) atoms. The van der Waals surface area contributed by atoms with Gasteiger partial charge in [0.2, 0.25) is 0 Å². The number of nitrogens with one attached hydrogen (secondary N) is 2. The van der Waals surface area contributed by atoms with E-state index in [9.17, 15) is 13.6 Å². The minimum Gasteiger partial charge on any atom is -0.352 e. The Labute approximate surface area is 166 Å². The SMILES string of the molecule is Cc1ccc(Nc2cc(F)cc(CCCN3CCNCC3)c2C(=O)P)c(F)c1. The minimum atomic E-state index is -0.442. The molecular weight excluding hydrogens is 379 g/mol. The number of hydrogen-bond acceptors (Lipinski definition) is 4. The highest BCUT2D eigenvalue weighted by atomic mass is 31.0. The third kappa shape index (κ3) is 5.34. The molecule has 0 bridgehead atoms. The monoisotopic (exact) mass is 405 g/mol. The number of halogens is 2. The van der Waals surface area contributed by atoms with Crippen molar-refractivity contribution in [1.82, 2.24) is 10.2 Å². The van der Waals surface area contributed by atoms with E-state index in [1.54, 1.807) is 19.1 Å². The first-order valence-electron chi connectivity index (χ1n) is 9.52. The lowest BCUT2D eigenvalue weighted by Gasteiger charge is -2.27. The number of carbonyl (C=O) groups excluding carboxylic acids is 1. The average Bonchev–Trinajstić information content (AvgIpc) is 2.64. The van der Waals surface area contributed by atoms with Crippen LogP contribution in [-0.4, -0.2) is 43.1 Å². The molecule has 2 aromatic rings. The van der Waals surface area contributed by atoms with Crippen molar-refractivity contribution < 1.29 is 13.6 Å². The minimum absolute atomic E-state index is 0.218. The quantitative estimate of drug-likeness (QED) is 0.687. The van der Waals surface area contributed by atoms with Crippen molar-refractivity contribution >= 4 is 26.1 Å². The van der Waals surface area contributed by atoms with Gasteiger partial charge in [0.1, 0.15) is 11.6 Å². The van der Waals surface area contributed by atoms with E-state index < -0.39 is 11.6 Å². The molecule has 1 unspecified atom stereocenters. The summed E-state index contributed by atoms with van der Waals surface area (Å²) in [5.74, 6) is -0.881. The zero-order valence-corrected chi connectivity index (χ0v) is 17.2. The summed E-state index contributed by atoms with van der Waals surface area (Å²) in [4.78, 5) is 14.6. The molecule has 4 nitrogen and oxygen atoms in total. The van der Waals surface area contributed by atoms with Gasteiger partial charge in [-0.25, -0.2) is 8.78 Å². The van der Waals surface area contributed by atoms with Gasteiger partial charge >= 0.3 is 0 Å². The predicted octanol–water partition coefficient (Wildman–Crippen LogP) is 3.87. The molecule has 7 heteroatoms. The standard InChI is InChI=1S/C21H26F2N3OP/c1-14-4-5-18(17(23)11-14)25-19-13-16(22)12-15(20(19)21(27)28)3-2-8-26-9-6-24-7-10-26/h4-5,11-13,24-25H,2-3,6-10,28H2,1H3. The molecule has 1 heterocycles. The Morgan fingerprint density at radius 1 is 1.18 bits per heavy atom. The molecule has 1 saturated heterocycles. The fourth-order valence-corrected chi connectivity index (χ4v) is 3.89. The van der Waals surface area contributed by atoms with Gasteiger partial charge in [-0.15, -0.1) is 0 Å². The Morgan fingerprint density at radius 2 is 1.93 bits per heavy atom. The second-order valence-corrected chi connectivity index (χ2v) is 7.68. The van der Waals surface area contributed by atoms with Crippen LogP contribution in [-0.2, 0) is 6.42 Å². The van der Waals surface area contributed by atoms with Crippen molar-refractivity contribution in [2.75, 3.05) is 38.0 Å². The van der Waals surface area contributed by atoms with Crippen molar-refractivity contribution in [2.24, 2.45) is 0 Å². The van der Waals surface area contributed by atoms with Gasteiger partial charge in [-0.1, -0.05) is 15.3 Å². The summed E-state index contributed by atoms with van der Waals surface area (Å²) in [5, 5.41) is 6.22. The lowest BCUT2D eigenvalue weighted by atomic mass is 10.0. The van der Waals surface area contributed by atoms with Gasteiger partial charge in [-0.3, -0.25) is 4.79 Å². The van der Waals surface area contributed by atoms with E-state index in [2.05, 4.69) is 24.8 Å². The van der Waals surface area contributed by atoms with E-state index in [-0.39, 0.29) is 11.2 Å². The molecule has 0 radical (unpaired) electrons. The molecule has 0 spiro atoms. The highest BCUT2D eigenvalue weighted by Crippen LogP contribution is 2.30. The van der Waals surface area contributed by atoms with Crippen molar-refractivity contribution in [3.05, 3.63) is 58.7 Å². The Bertz CT molecular complexity index is 854. The summed E-state index contributed by atoms with van der Waals surface area (Å²) in [7, 11) is 2.15. The van der Waals surface area contributed by atoms with Crippen LogP contribution in [0.1, 0.15) is 27.9 Å². The molecule has 1 atom stereocenters. The molecule has 3 rings (SSSR count). The second kappa shape index (κ2) is 9.55. The van der Waals surface area contributed by atoms with E-state index >= 15 is 0 Å². The first kappa shape index (κ1) is 20.8. The van der Waals surface area contributed by atoms with Gasteiger partial charge in [0.05, 0.1) is 11.4 Å². The van der Waals surface area contributed by atoms with Crippen molar-refractivity contribution in [3.8, 4) is 0 Å². The molecule has 150 valence electrons. The molecule has 1 aliphatic heterocycles. The number of nitrogens with zero attached hydrogens (tertiary/aromatic N) is 1. The van der Waals surface area contributed by atoms with Crippen LogP contribution in [0.25, 0.3) is 0 Å². The van der Waals surface area contributed by atoms with E-state index in [4.69, 9.17) is 0 Å². The predicted molar refractivity (Wildman–Crippen MR) is 112 cm³/mol. The van der Waals surface area contributed by atoms with Gasteiger partial charge in [-0.2, -0.15) is 0 Å². The molecule has 2 N–H and O–H groups in total. The third-order valence-electron chi connectivity index (χ3n) is 4.96. The van der Waals surface area contributed by atoms with E-state index in [0.717, 1.165) is 44.7 Å². The molecular formula is C21H26F2N3OP. The van der Waals surface area contributed by atoms with Crippen LogP contribution >= 0.6 is 9.24 Å². The van der Waals surface area contributed by atoms with Crippen LogP contribution in [0.15, 0.2) is 30.3 Å². The first-order valence-corrected chi connectivity index (χ1v) is 10.1. The number of rotatable bonds is 7. The Balaban J connectivity index is 1.80. The smallest absolute Gasteiger partial charge is 0.180 e. The lowest BCUT2D eigenvalue weighted by molar-refractivity contribution is 0.108. The van der Waals surface area contributed by atoms with Gasteiger partial charge < -0.3 is 15.5 Å². The average molecular weight is 405 g/mol. The van der Waals surface area contributed by atoms with Crippen LogP contribution < -0.4 is 10.6 Å². The lowest BCUT2D eigenvalue weighted by Crippen LogP contribution is -2.43. The molecule has 1 aliphatic rings. The first-order chi connectivity index (χ1) is 13.4. The molecule has 0 amide bonds. The molecule has 2 aromatic carbocycles. The summed E-state index contributed by atoms with van der Waals surface area (Å²) in [6.07, 6.45) is 1.41. The van der Waals surface area contributed by atoms with E-state index in [1.165, 1.54) is 18.2 Å². The Hall–Kier alpha value is -1.88. The third-order valence-corrected chi connectivity index (χ3v) is 5.24. The number of benzene rings is 2. The molecule has 0 aromatic heterocycles. The summed E-state index contributed by atoms with van der Waals surface area (Å²) in [5.41, 5.74) is 2.10.